The minimum Gasteiger partial charge on any atom is -0.508 e. The summed E-state index contributed by atoms with van der Waals surface area (Å²) in [6, 6.07) is 5.30. The SMILES string of the molecule is O=C(NCc1ccon1)c1cc(O)cc(O)c1. The first-order valence-corrected chi connectivity index (χ1v) is 4.85. The summed E-state index contributed by atoms with van der Waals surface area (Å²) < 4.78 is 4.61. The lowest BCUT2D eigenvalue weighted by Gasteiger charge is -2.04. The van der Waals surface area contributed by atoms with Gasteiger partial charge >= 0.3 is 0 Å². The lowest BCUT2D eigenvalue weighted by atomic mass is 10.2. The molecule has 0 fully saturated rings. The van der Waals surface area contributed by atoms with E-state index in [1.807, 2.05) is 0 Å². The normalized spacial score (nSPS) is 10.1. The van der Waals surface area contributed by atoms with Crippen LogP contribution in [0.2, 0.25) is 0 Å². The zero-order valence-corrected chi connectivity index (χ0v) is 8.75. The first kappa shape index (κ1) is 11.0. The van der Waals surface area contributed by atoms with Crippen molar-refractivity contribution in [2.24, 2.45) is 0 Å². The van der Waals surface area contributed by atoms with Gasteiger partial charge in [-0.1, -0.05) is 5.16 Å². The predicted octanol–water partition coefficient (Wildman–Crippen LogP) is 1.02. The van der Waals surface area contributed by atoms with Gasteiger partial charge in [-0.2, -0.15) is 0 Å². The minimum atomic E-state index is -0.417. The van der Waals surface area contributed by atoms with Crippen molar-refractivity contribution in [3.05, 3.63) is 41.8 Å². The Balaban J connectivity index is 2.04. The zero-order chi connectivity index (χ0) is 12.3. The molecule has 1 amide bonds. The highest BCUT2D eigenvalue weighted by molar-refractivity contribution is 5.94. The maximum Gasteiger partial charge on any atom is 0.251 e. The van der Waals surface area contributed by atoms with Crippen LogP contribution in [0.25, 0.3) is 0 Å². The Labute approximate surface area is 96.5 Å². The number of nitrogens with one attached hydrogen (secondary N) is 1. The van der Waals surface area contributed by atoms with Crippen LogP contribution in [-0.4, -0.2) is 21.3 Å². The molecule has 88 valence electrons. The number of hydrogen-bond acceptors (Lipinski definition) is 5. The van der Waals surface area contributed by atoms with Crippen LogP contribution in [0.5, 0.6) is 11.5 Å². The second-order valence-electron chi connectivity index (χ2n) is 3.41. The third-order valence-corrected chi connectivity index (χ3v) is 2.09. The highest BCUT2D eigenvalue weighted by Crippen LogP contribution is 2.20. The lowest BCUT2D eigenvalue weighted by molar-refractivity contribution is 0.0949. The Kier molecular flexibility index (Phi) is 2.95. The molecule has 6 nitrogen and oxygen atoms in total. The van der Waals surface area contributed by atoms with Gasteiger partial charge in [-0.25, -0.2) is 0 Å². The maximum atomic E-state index is 11.7. The van der Waals surface area contributed by atoms with E-state index in [0.29, 0.717) is 5.69 Å². The highest BCUT2D eigenvalue weighted by atomic mass is 16.5. The monoisotopic (exact) mass is 234 g/mol. The third-order valence-electron chi connectivity index (χ3n) is 2.09. The first-order valence-electron chi connectivity index (χ1n) is 4.85. The van der Waals surface area contributed by atoms with E-state index in [0.717, 1.165) is 6.07 Å². The number of rotatable bonds is 3. The van der Waals surface area contributed by atoms with Gasteiger partial charge in [0.25, 0.3) is 5.91 Å². The van der Waals surface area contributed by atoms with Crippen LogP contribution in [0.4, 0.5) is 0 Å². The van der Waals surface area contributed by atoms with Crippen molar-refractivity contribution in [2.75, 3.05) is 0 Å². The predicted molar refractivity (Wildman–Crippen MR) is 57.4 cm³/mol. The number of nitrogens with zero attached hydrogens (tertiary/aromatic N) is 1. The van der Waals surface area contributed by atoms with Crippen LogP contribution < -0.4 is 5.32 Å². The van der Waals surface area contributed by atoms with Gasteiger partial charge in [-0.15, -0.1) is 0 Å². The Bertz CT molecular complexity index is 502. The number of carbonyl (C=O) groups excluding carboxylic acids is 1. The average molecular weight is 234 g/mol. The molecular weight excluding hydrogens is 224 g/mol. The van der Waals surface area contributed by atoms with E-state index < -0.39 is 5.91 Å². The quantitative estimate of drug-likeness (QED) is 0.736. The molecule has 1 aromatic carbocycles. The Morgan fingerprint density at radius 2 is 2.00 bits per heavy atom. The van der Waals surface area contributed by atoms with E-state index >= 15 is 0 Å². The van der Waals surface area contributed by atoms with Gasteiger partial charge in [-0.3, -0.25) is 4.79 Å². The van der Waals surface area contributed by atoms with Gasteiger partial charge in [0.05, 0.1) is 6.54 Å². The van der Waals surface area contributed by atoms with Crippen LogP contribution >= 0.6 is 0 Å². The molecule has 0 radical (unpaired) electrons. The smallest absolute Gasteiger partial charge is 0.251 e. The number of benzene rings is 1. The van der Waals surface area contributed by atoms with Crippen molar-refractivity contribution < 1.29 is 19.5 Å². The molecule has 0 bridgehead atoms. The number of phenols is 2. The third kappa shape index (κ3) is 2.75. The van der Waals surface area contributed by atoms with Crippen molar-refractivity contribution >= 4 is 5.91 Å². The summed E-state index contributed by atoms with van der Waals surface area (Å²) in [5.74, 6) is -0.757. The molecule has 3 N–H and O–H groups in total. The van der Waals surface area contributed by atoms with E-state index in [9.17, 15) is 15.0 Å². The second kappa shape index (κ2) is 4.56. The van der Waals surface area contributed by atoms with Crippen LogP contribution in [0, 0.1) is 0 Å². The molecule has 0 spiro atoms. The lowest BCUT2D eigenvalue weighted by Crippen LogP contribution is -2.22. The van der Waals surface area contributed by atoms with E-state index in [1.165, 1.54) is 18.4 Å². The summed E-state index contributed by atoms with van der Waals surface area (Å²) in [6.45, 7) is 0.214. The van der Waals surface area contributed by atoms with Crippen LogP contribution in [-0.2, 0) is 6.54 Å². The van der Waals surface area contributed by atoms with E-state index in [4.69, 9.17) is 0 Å². The van der Waals surface area contributed by atoms with Gasteiger partial charge < -0.3 is 20.1 Å². The molecule has 2 rings (SSSR count). The van der Waals surface area contributed by atoms with Crippen molar-refractivity contribution in [3.63, 3.8) is 0 Å². The fourth-order valence-electron chi connectivity index (χ4n) is 1.33. The summed E-state index contributed by atoms with van der Waals surface area (Å²) in [6.07, 6.45) is 1.40. The van der Waals surface area contributed by atoms with Gasteiger partial charge in [0, 0.05) is 17.7 Å². The molecule has 0 saturated carbocycles. The molecular formula is C11H10N2O4. The fraction of sp³-hybridized carbons (Fsp3) is 0.0909. The number of amides is 1. The zero-order valence-electron chi connectivity index (χ0n) is 8.75. The Hall–Kier alpha value is -2.50. The molecule has 17 heavy (non-hydrogen) atoms. The second-order valence-corrected chi connectivity index (χ2v) is 3.41. The number of carbonyl (C=O) groups is 1. The molecule has 0 aliphatic rings. The maximum absolute atomic E-state index is 11.7. The average Bonchev–Trinajstić information content (AvgIpc) is 2.77. The summed E-state index contributed by atoms with van der Waals surface area (Å²) in [5.41, 5.74) is 0.758. The molecule has 0 unspecified atom stereocenters. The Morgan fingerprint density at radius 1 is 1.29 bits per heavy atom. The number of hydrogen-bond donors (Lipinski definition) is 3. The molecule has 1 heterocycles. The van der Waals surface area contributed by atoms with Crippen molar-refractivity contribution in [2.45, 2.75) is 6.54 Å². The van der Waals surface area contributed by atoms with Crippen molar-refractivity contribution in [1.29, 1.82) is 0 Å². The number of aromatic nitrogens is 1. The van der Waals surface area contributed by atoms with Gasteiger partial charge in [0.2, 0.25) is 0 Å². The summed E-state index contributed by atoms with van der Waals surface area (Å²) in [5, 5.41) is 24.7. The standard InChI is InChI=1S/C11H10N2O4/c14-9-3-7(4-10(15)5-9)11(16)12-6-8-1-2-17-13-8/h1-5,14-15H,6H2,(H,12,16). The molecule has 1 aromatic heterocycles. The topological polar surface area (TPSA) is 95.6 Å². The Morgan fingerprint density at radius 3 is 2.59 bits per heavy atom. The van der Waals surface area contributed by atoms with Crippen LogP contribution in [0.1, 0.15) is 16.1 Å². The van der Waals surface area contributed by atoms with Gasteiger partial charge in [0.1, 0.15) is 23.5 Å². The van der Waals surface area contributed by atoms with Crippen molar-refractivity contribution in [1.82, 2.24) is 10.5 Å². The fourth-order valence-corrected chi connectivity index (χ4v) is 1.33. The molecule has 0 atom stereocenters. The largest absolute Gasteiger partial charge is 0.508 e. The van der Waals surface area contributed by atoms with E-state index in [1.54, 1.807) is 6.07 Å². The highest BCUT2D eigenvalue weighted by Gasteiger charge is 2.08. The summed E-state index contributed by atoms with van der Waals surface area (Å²) in [4.78, 5) is 11.7. The van der Waals surface area contributed by atoms with E-state index in [2.05, 4.69) is 15.0 Å². The summed E-state index contributed by atoms with van der Waals surface area (Å²) >= 11 is 0. The van der Waals surface area contributed by atoms with E-state index in [-0.39, 0.29) is 23.6 Å². The van der Waals surface area contributed by atoms with Crippen molar-refractivity contribution in [3.8, 4) is 11.5 Å². The molecule has 6 heteroatoms. The number of aromatic hydroxyl groups is 2. The molecule has 0 saturated heterocycles. The van der Waals surface area contributed by atoms with Crippen LogP contribution in [0.15, 0.2) is 35.1 Å². The molecule has 0 aliphatic heterocycles. The molecule has 0 aliphatic carbocycles. The first-order chi connectivity index (χ1) is 8.15. The minimum absolute atomic E-state index is 0.170. The molecule has 2 aromatic rings. The summed E-state index contributed by atoms with van der Waals surface area (Å²) in [7, 11) is 0. The van der Waals surface area contributed by atoms with Gasteiger partial charge in [0.15, 0.2) is 0 Å². The number of phenolic OH excluding ortho intramolecular Hbond substituents is 2. The van der Waals surface area contributed by atoms with Gasteiger partial charge in [-0.05, 0) is 12.1 Å². The van der Waals surface area contributed by atoms with Crippen LogP contribution in [0.3, 0.4) is 0 Å².